The van der Waals surface area contributed by atoms with Crippen LogP contribution in [-0.2, 0) is 28.7 Å². The third-order valence-electron chi connectivity index (χ3n) is 10.0. The fourth-order valence-electron chi connectivity index (χ4n) is 6.81. The molecule has 1 unspecified atom stereocenters. The average molecular weight is 772 g/mol. The lowest BCUT2D eigenvalue weighted by Crippen LogP contribution is -2.41. The lowest BCUT2D eigenvalue weighted by atomic mass is 9.92. The van der Waals surface area contributed by atoms with E-state index in [9.17, 15) is 30.2 Å². The molecule has 1 saturated heterocycles. The predicted octanol–water partition coefficient (Wildman–Crippen LogP) is 6.48. The Hall–Kier alpha value is -3.37. The first kappa shape index (κ1) is 43.4. The number of hydrogen-bond acceptors (Lipinski definition) is 12. The highest BCUT2D eigenvalue weighted by Gasteiger charge is 2.58. The van der Waals surface area contributed by atoms with Crippen LogP contribution < -0.4 is 5.73 Å². The summed E-state index contributed by atoms with van der Waals surface area (Å²) in [5.74, 6) is 0. The summed E-state index contributed by atoms with van der Waals surface area (Å²) < 4.78 is 38.1. The number of aliphatic hydroxyl groups excluding tert-OH is 2. The van der Waals surface area contributed by atoms with Crippen molar-refractivity contribution in [3.63, 3.8) is 0 Å². The van der Waals surface area contributed by atoms with E-state index in [0.29, 0.717) is 17.8 Å². The number of phosphoric acid groups is 1. The second kappa shape index (κ2) is 22.2. The van der Waals surface area contributed by atoms with Gasteiger partial charge in [0.15, 0.2) is 5.69 Å². The van der Waals surface area contributed by atoms with Gasteiger partial charge in [-0.25, -0.2) is 14.1 Å². The molecule has 0 bridgehead atoms. The van der Waals surface area contributed by atoms with Gasteiger partial charge < -0.3 is 34.9 Å². The predicted molar refractivity (Wildman–Crippen MR) is 202 cm³/mol. The lowest BCUT2D eigenvalue weighted by Gasteiger charge is -2.24. The molecule has 5 N–H and O–H groups in total. The number of nitriles is 2. The molecule has 54 heavy (non-hydrogen) atoms. The number of rotatable bonds is 27. The first-order valence-corrected chi connectivity index (χ1v) is 21.0. The van der Waals surface area contributed by atoms with Crippen LogP contribution in [0.25, 0.3) is 5.52 Å². The van der Waals surface area contributed by atoms with Crippen LogP contribution in [0, 0.1) is 22.7 Å². The molecule has 1 aliphatic rings. The Morgan fingerprint density at radius 3 is 2.17 bits per heavy atom. The molecular formula is C38H58N7O8P. The number of nitrogens with two attached hydrogens (primary N) is 1. The highest BCUT2D eigenvalue weighted by atomic mass is 31.2. The minimum absolute atomic E-state index is 0.115. The van der Waals surface area contributed by atoms with Crippen LogP contribution in [-0.4, -0.2) is 79.0 Å². The number of hydrogen-bond donors (Lipinski definition) is 4. The Labute approximate surface area is 318 Å². The van der Waals surface area contributed by atoms with Crippen molar-refractivity contribution in [3.05, 3.63) is 48.3 Å². The maximum atomic E-state index is 13.0. The normalized spacial score (nSPS) is 21.6. The smallest absolute Gasteiger partial charge is 0.397 e. The van der Waals surface area contributed by atoms with Crippen molar-refractivity contribution in [2.24, 2.45) is 0 Å². The average Bonchev–Trinajstić information content (AvgIpc) is 3.89. The molecule has 0 amide bonds. The molecule has 0 saturated carbocycles. The Morgan fingerprint density at radius 2 is 1.57 bits per heavy atom. The summed E-state index contributed by atoms with van der Waals surface area (Å²) in [4.78, 5) is 14.6. The van der Waals surface area contributed by atoms with Gasteiger partial charge in [0.1, 0.15) is 30.5 Å². The van der Waals surface area contributed by atoms with Gasteiger partial charge in [-0.05, 0) is 24.6 Å². The topological polar surface area (TPSA) is 223 Å². The van der Waals surface area contributed by atoms with E-state index < -0.39 is 44.4 Å². The molecule has 15 nitrogen and oxygen atoms in total. The fraction of sp³-hybridized carbons (Fsp3) is 0.684. The summed E-state index contributed by atoms with van der Waals surface area (Å²) in [7, 11) is -4.74. The molecule has 4 rings (SSSR count). The van der Waals surface area contributed by atoms with Crippen LogP contribution in [0.2, 0.25) is 0 Å². The van der Waals surface area contributed by atoms with Gasteiger partial charge in [-0.3, -0.25) is 9.05 Å². The minimum atomic E-state index is -4.74. The standard InChI is InChI=1S/C38H58N7O8P/c1-2-3-4-5-6-7-8-9-10-11-12-13-14-15-16-17-22-50-25-31(44-24-30(23-39)42-29-44)26-51-54(48,49)52-27-34-36(46)37(47)38(28-40,53-34)35-19-18-33-32(41)20-21-43-45(33)35/h18-21,24,29,31,34,36-37,46-47H,2-17,22,25-27,41H2,1H3,(H,48,49)/t31-,34-,36-,37-,38+/m1/s1. The number of fused-ring (bicyclic) bond motifs is 1. The van der Waals surface area contributed by atoms with Crippen molar-refractivity contribution >= 4 is 19.0 Å². The van der Waals surface area contributed by atoms with Crippen molar-refractivity contribution in [1.29, 1.82) is 10.5 Å². The van der Waals surface area contributed by atoms with Gasteiger partial charge in [-0.2, -0.15) is 15.6 Å². The minimum Gasteiger partial charge on any atom is -0.397 e. The molecule has 1 aliphatic heterocycles. The number of aromatic nitrogens is 4. The second-order valence-corrected chi connectivity index (χ2v) is 15.6. The summed E-state index contributed by atoms with van der Waals surface area (Å²) >= 11 is 0. The molecule has 298 valence electrons. The second-order valence-electron chi connectivity index (χ2n) is 14.2. The van der Waals surface area contributed by atoms with E-state index in [1.807, 2.05) is 12.1 Å². The van der Waals surface area contributed by atoms with Crippen molar-refractivity contribution in [2.75, 3.05) is 32.2 Å². The number of ether oxygens (including phenoxy) is 2. The first-order valence-electron chi connectivity index (χ1n) is 19.5. The van der Waals surface area contributed by atoms with Crippen molar-refractivity contribution < 1.29 is 38.2 Å². The Morgan fingerprint density at radius 1 is 0.944 bits per heavy atom. The van der Waals surface area contributed by atoms with Crippen LogP contribution in [0.4, 0.5) is 5.69 Å². The summed E-state index contributed by atoms with van der Waals surface area (Å²) in [6.45, 7) is 1.88. The Balaban J connectivity index is 1.16. The number of nitrogen functional groups attached to an aromatic ring is 1. The third-order valence-corrected chi connectivity index (χ3v) is 11.0. The molecule has 1 fully saturated rings. The van der Waals surface area contributed by atoms with Crippen molar-refractivity contribution in [1.82, 2.24) is 19.2 Å². The molecule has 6 atom stereocenters. The summed E-state index contributed by atoms with van der Waals surface area (Å²) in [6.07, 6.45) is 20.0. The van der Waals surface area contributed by atoms with E-state index in [1.54, 1.807) is 16.7 Å². The van der Waals surface area contributed by atoms with E-state index in [-0.39, 0.29) is 24.6 Å². The quantitative estimate of drug-likeness (QED) is 0.0482. The largest absolute Gasteiger partial charge is 0.472 e. The number of phosphoric ester groups is 1. The maximum Gasteiger partial charge on any atom is 0.472 e. The number of nitrogens with zero attached hydrogens (tertiary/aromatic N) is 6. The van der Waals surface area contributed by atoms with Gasteiger partial charge in [0.25, 0.3) is 0 Å². The van der Waals surface area contributed by atoms with Crippen molar-refractivity contribution in [2.45, 2.75) is 140 Å². The van der Waals surface area contributed by atoms with Gasteiger partial charge in [-0.15, -0.1) is 0 Å². The zero-order valence-corrected chi connectivity index (χ0v) is 32.4. The maximum absolute atomic E-state index is 13.0. The molecule has 0 spiro atoms. The monoisotopic (exact) mass is 771 g/mol. The SMILES string of the molecule is CCCCCCCCCCCCCCCCCCOC[C@H](COP(=O)(O)OC[C@H]1O[C@@](C#N)(c2ccc3c(N)ccnn23)[C@H](O)[C@@H]1O)n1cnc(C#N)c1. The molecular weight excluding hydrogens is 713 g/mol. The molecule has 4 heterocycles. The van der Waals surface area contributed by atoms with Gasteiger partial charge in [0.05, 0.1) is 49.1 Å². The molecule has 16 heteroatoms. The van der Waals surface area contributed by atoms with Crippen LogP contribution >= 0.6 is 7.82 Å². The first-order chi connectivity index (χ1) is 26.2. The highest BCUT2D eigenvalue weighted by Crippen LogP contribution is 2.46. The van der Waals surface area contributed by atoms with E-state index in [0.717, 1.165) is 19.3 Å². The van der Waals surface area contributed by atoms with E-state index in [4.69, 9.17) is 24.3 Å². The van der Waals surface area contributed by atoms with Crippen molar-refractivity contribution in [3.8, 4) is 12.1 Å². The number of anilines is 1. The van der Waals surface area contributed by atoms with E-state index in [2.05, 4.69) is 17.0 Å². The molecule has 3 aromatic rings. The van der Waals surface area contributed by atoms with Crippen LogP contribution in [0.1, 0.15) is 127 Å². The fourth-order valence-corrected chi connectivity index (χ4v) is 7.58. The van der Waals surface area contributed by atoms with Crippen LogP contribution in [0.5, 0.6) is 0 Å². The number of imidazole rings is 1. The van der Waals surface area contributed by atoms with E-state index in [1.165, 1.54) is 113 Å². The molecule has 3 aromatic heterocycles. The van der Waals surface area contributed by atoms with Crippen LogP contribution in [0.3, 0.4) is 0 Å². The third kappa shape index (κ3) is 12.3. The zero-order chi connectivity index (χ0) is 38.8. The lowest BCUT2D eigenvalue weighted by molar-refractivity contribution is -0.0646. The molecule has 0 aromatic carbocycles. The zero-order valence-electron chi connectivity index (χ0n) is 31.5. The number of aliphatic hydroxyl groups is 2. The Kier molecular flexibility index (Phi) is 17.9. The molecule has 0 radical (unpaired) electrons. The molecule has 0 aliphatic carbocycles. The Bertz CT molecular complexity index is 1690. The van der Waals surface area contributed by atoms with Gasteiger partial charge in [0.2, 0.25) is 5.60 Å². The van der Waals surface area contributed by atoms with E-state index >= 15 is 0 Å². The van der Waals surface area contributed by atoms with Gasteiger partial charge in [-0.1, -0.05) is 103 Å². The summed E-state index contributed by atoms with van der Waals surface area (Å²) in [5.41, 5.74) is 5.05. The van der Waals surface area contributed by atoms with Crippen LogP contribution in [0.15, 0.2) is 36.9 Å². The summed E-state index contributed by atoms with van der Waals surface area (Å²) in [6, 6.07) is 7.95. The highest BCUT2D eigenvalue weighted by molar-refractivity contribution is 7.47. The van der Waals surface area contributed by atoms with Gasteiger partial charge in [0, 0.05) is 19.0 Å². The summed E-state index contributed by atoms with van der Waals surface area (Å²) in [5, 5.41) is 45.3. The van der Waals surface area contributed by atoms with Gasteiger partial charge >= 0.3 is 7.82 Å². The number of unbranched alkanes of at least 4 members (excludes halogenated alkanes) is 15.